The van der Waals surface area contributed by atoms with Crippen molar-refractivity contribution in [2.75, 3.05) is 12.3 Å². The Balaban J connectivity index is 2.55. The van der Waals surface area contributed by atoms with Crippen LogP contribution >= 0.6 is 0 Å². The Labute approximate surface area is 115 Å². The molecule has 0 aliphatic rings. The Bertz CT molecular complexity index is 421. The lowest BCUT2D eigenvalue weighted by molar-refractivity contribution is -0.123. The maximum absolute atomic E-state index is 11.7. The largest absolute Gasteiger partial charge is 0.483 e. The van der Waals surface area contributed by atoms with E-state index < -0.39 is 0 Å². The van der Waals surface area contributed by atoms with Crippen LogP contribution in [-0.4, -0.2) is 18.6 Å². The predicted molar refractivity (Wildman–Crippen MR) is 78.3 cm³/mol. The minimum atomic E-state index is -0.0865. The number of benzene rings is 1. The van der Waals surface area contributed by atoms with E-state index in [0.717, 1.165) is 29.7 Å². The molecule has 0 aromatic heterocycles. The van der Waals surface area contributed by atoms with Crippen molar-refractivity contribution in [3.05, 3.63) is 23.3 Å². The Morgan fingerprint density at radius 3 is 2.47 bits per heavy atom. The van der Waals surface area contributed by atoms with Gasteiger partial charge in [0.15, 0.2) is 6.61 Å². The molecule has 0 heterocycles. The van der Waals surface area contributed by atoms with Crippen LogP contribution in [0.4, 0.5) is 5.69 Å². The molecule has 0 spiro atoms. The molecule has 0 saturated heterocycles. The maximum atomic E-state index is 11.7. The molecule has 0 aliphatic heterocycles. The fourth-order valence-electron chi connectivity index (χ4n) is 2.17. The van der Waals surface area contributed by atoms with Crippen LogP contribution in [0.5, 0.6) is 5.75 Å². The molecule has 1 rings (SSSR count). The highest BCUT2D eigenvalue weighted by Crippen LogP contribution is 2.25. The van der Waals surface area contributed by atoms with E-state index in [1.54, 1.807) is 0 Å². The van der Waals surface area contributed by atoms with Gasteiger partial charge < -0.3 is 15.8 Å². The summed E-state index contributed by atoms with van der Waals surface area (Å²) in [6.07, 6.45) is 2.03. The van der Waals surface area contributed by atoms with Gasteiger partial charge in [0.05, 0.1) is 0 Å². The summed E-state index contributed by atoms with van der Waals surface area (Å²) >= 11 is 0. The van der Waals surface area contributed by atoms with E-state index >= 15 is 0 Å². The zero-order valence-corrected chi connectivity index (χ0v) is 12.2. The number of nitrogen functional groups attached to an aromatic ring is 1. The molecule has 4 heteroatoms. The predicted octanol–water partition coefficient (Wildman–Crippen LogP) is 2.57. The van der Waals surface area contributed by atoms with Crippen molar-refractivity contribution in [2.45, 2.75) is 46.6 Å². The fraction of sp³-hybridized carbons (Fsp3) is 0.533. The number of carbonyl (C=O) groups is 1. The van der Waals surface area contributed by atoms with Gasteiger partial charge in [-0.05, 0) is 50.5 Å². The van der Waals surface area contributed by atoms with Gasteiger partial charge in [0.25, 0.3) is 5.91 Å². The summed E-state index contributed by atoms with van der Waals surface area (Å²) in [5, 5.41) is 2.91. The number of nitrogens with one attached hydrogen (secondary N) is 1. The average Bonchev–Trinajstić information content (AvgIpc) is 2.27. The Kier molecular flexibility index (Phi) is 5.67. The quantitative estimate of drug-likeness (QED) is 0.776. The van der Waals surface area contributed by atoms with Crippen LogP contribution in [-0.2, 0) is 4.79 Å². The SMILES string of the molecule is CCCC(C)NC(=O)COc1c(C)cc(N)cc1C. The zero-order valence-electron chi connectivity index (χ0n) is 12.2. The van der Waals surface area contributed by atoms with Gasteiger partial charge in [-0.25, -0.2) is 0 Å². The van der Waals surface area contributed by atoms with E-state index in [2.05, 4.69) is 12.2 Å². The van der Waals surface area contributed by atoms with E-state index in [1.807, 2.05) is 32.9 Å². The molecule has 0 radical (unpaired) electrons. The molecule has 1 atom stereocenters. The molecule has 1 aromatic rings. The summed E-state index contributed by atoms with van der Waals surface area (Å²) in [5.41, 5.74) is 8.36. The van der Waals surface area contributed by atoms with Crippen molar-refractivity contribution < 1.29 is 9.53 Å². The highest BCUT2D eigenvalue weighted by molar-refractivity contribution is 5.77. The first kappa shape index (κ1) is 15.3. The van der Waals surface area contributed by atoms with E-state index in [-0.39, 0.29) is 18.6 Å². The number of ether oxygens (including phenoxy) is 1. The van der Waals surface area contributed by atoms with Gasteiger partial charge in [0.1, 0.15) is 5.75 Å². The number of carbonyl (C=O) groups excluding carboxylic acids is 1. The minimum Gasteiger partial charge on any atom is -0.483 e. The molecular weight excluding hydrogens is 240 g/mol. The van der Waals surface area contributed by atoms with Crippen LogP contribution in [0.25, 0.3) is 0 Å². The zero-order chi connectivity index (χ0) is 14.4. The third-order valence-electron chi connectivity index (χ3n) is 2.96. The van der Waals surface area contributed by atoms with Crippen LogP contribution in [0.2, 0.25) is 0 Å². The molecule has 3 N–H and O–H groups in total. The maximum Gasteiger partial charge on any atom is 0.258 e. The Morgan fingerprint density at radius 2 is 1.95 bits per heavy atom. The normalized spacial score (nSPS) is 12.0. The number of rotatable bonds is 6. The molecule has 106 valence electrons. The smallest absolute Gasteiger partial charge is 0.258 e. The average molecular weight is 264 g/mol. The van der Waals surface area contributed by atoms with Gasteiger partial charge in [0.2, 0.25) is 0 Å². The molecule has 19 heavy (non-hydrogen) atoms. The first-order valence-corrected chi connectivity index (χ1v) is 6.73. The second kappa shape index (κ2) is 7.02. The summed E-state index contributed by atoms with van der Waals surface area (Å²) in [6.45, 7) is 7.99. The van der Waals surface area contributed by atoms with Crippen molar-refractivity contribution in [3.63, 3.8) is 0 Å². The van der Waals surface area contributed by atoms with E-state index in [9.17, 15) is 4.79 Å². The lowest BCUT2D eigenvalue weighted by Crippen LogP contribution is -2.36. The van der Waals surface area contributed by atoms with E-state index in [0.29, 0.717) is 5.69 Å². The third-order valence-corrected chi connectivity index (χ3v) is 2.96. The van der Waals surface area contributed by atoms with E-state index in [1.165, 1.54) is 0 Å². The molecule has 1 amide bonds. The third kappa shape index (κ3) is 4.81. The number of amides is 1. The summed E-state index contributed by atoms with van der Waals surface area (Å²) in [5.74, 6) is 0.657. The molecule has 0 fully saturated rings. The monoisotopic (exact) mass is 264 g/mol. The van der Waals surface area contributed by atoms with Crippen molar-refractivity contribution in [1.82, 2.24) is 5.32 Å². The van der Waals surface area contributed by atoms with Crippen molar-refractivity contribution >= 4 is 11.6 Å². The molecule has 0 bridgehead atoms. The van der Waals surface area contributed by atoms with Crippen LogP contribution in [0.3, 0.4) is 0 Å². The molecule has 1 aromatic carbocycles. The number of aryl methyl sites for hydroxylation is 2. The Morgan fingerprint density at radius 1 is 1.37 bits per heavy atom. The lowest BCUT2D eigenvalue weighted by Gasteiger charge is -2.15. The molecule has 0 saturated carbocycles. The van der Waals surface area contributed by atoms with Gasteiger partial charge in [-0.15, -0.1) is 0 Å². The van der Waals surface area contributed by atoms with Gasteiger partial charge >= 0.3 is 0 Å². The molecular formula is C15H24N2O2. The van der Waals surface area contributed by atoms with Crippen LogP contribution in [0.15, 0.2) is 12.1 Å². The van der Waals surface area contributed by atoms with Gasteiger partial charge in [-0.1, -0.05) is 13.3 Å². The van der Waals surface area contributed by atoms with Crippen molar-refractivity contribution in [3.8, 4) is 5.75 Å². The highest BCUT2D eigenvalue weighted by atomic mass is 16.5. The van der Waals surface area contributed by atoms with Gasteiger partial charge in [-0.2, -0.15) is 0 Å². The van der Waals surface area contributed by atoms with Crippen molar-refractivity contribution in [1.29, 1.82) is 0 Å². The van der Waals surface area contributed by atoms with Crippen molar-refractivity contribution in [2.24, 2.45) is 0 Å². The lowest BCUT2D eigenvalue weighted by atomic mass is 10.1. The summed E-state index contributed by atoms with van der Waals surface area (Å²) in [7, 11) is 0. The fourth-order valence-corrected chi connectivity index (χ4v) is 2.17. The standard InChI is InChI=1S/C15H24N2O2/c1-5-6-12(4)17-14(18)9-19-15-10(2)7-13(16)8-11(15)3/h7-8,12H,5-6,9,16H2,1-4H3,(H,17,18). The summed E-state index contributed by atoms with van der Waals surface area (Å²) in [6, 6.07) is 3.88. The highest BCUT2D eigenvalue weighted by Gasteiger charge is 2.10. The summed E-state index contributed by atoms with van der Waals surface area (Å²) < 4.78 is 5.60. The molecule has 4 nitrogen and oxygen atoms in total. The number of nitrogens with two attached hydrogens (primary N) is 1. The number of hydrogen-bond donors (Lipinski definition) is 2. The second-order valence-corrected chi connectivity index (χ2v) is 5.03. The number of anilines is 1. The van der Waals surface area contributed by atoms with Crippen LogP contribution in [0.1, 0.15) is 37.8 Å². The van der Waals surface area contributed by atoms with E-state index in [4.69, 9.17) is 10.5 Å². The Hall–Kier alpha value is -1.71. The number of hydrogen-bond acceptors (Lipinski definition) is 3. The molecule has 0 aliphatic carbocycles. The van der Waals surface area contributed by atoms with Gasteiger partial charge in [-0.3, -0.25) is 4.79 Å². The minimum absolute atomic E-state index is 0.0413. The van der Waals surface area contributed by atoms with Crippen LogP contribution in [0, 0.1) is 13.8 Å². The van der Waals surface area contributed by atoms with Gasteiger partial charge in [0, 0.05) is 11.7 Å². The first-order chi connectivity index (χ1) is 8.93. The summed E-state index contributed by atoms with van der Waals surface area (Å²) in [4.78, 5) is 11.7. The first-order valence-electron chi connectivity index (χ1n) is 6.73. The molecule has 1 unspecified atom stereocenters. The second-order valence-electron chi connectivity index (χ2n) is 5.03. The topological polar surface area (TPSA) is 64.3 Å². The van der Waals surface area contributed by atoms with Crippen LogP contribution < -0.4 is 15.8 Å².